The van der Waals surface area contributed by atoms with Crippen molar-refractivity contribution in [1.82, 2.24) is 25.2 Å². The Balaban J connectivity index is 1.42. The summed E-state index contributed by atoms with van der Waals surface area (Å²) in [7, 11) is 1.32. The zero-order valence-corrected chi connectivity index (χ0v) is 25.2. The maximum atomic E-state index is 13.4. The zero-order valence-electron chi connectivity index (χ0n) is 25.2. The summed E-state index contributed by atoms with van der Waals surface area (Å²) in [5.41, 5.74) is 6.05. The van der Waals surface area contributed by atoms with Crippen molar-refractivity contribution in [3.63, 3.8) is 0 Å². The van der Waals surface area contributed by atoms with E-state index in [1.807, 2.05) is 19.9 Å². The third kappa shape index (κ3) is 5.86. The predicted molar refractivity (Wildman–Crippen MR) is 159 cm³/mol. The average molecular weight is 618 g/mol. The molecule has 1 atom stereocenters. The fraction of sp³-hybridized carbons (Fsp3) is 0.312. The van der Waals surface area contributed by atoms with Gasteiger partial charge in [0.2, 0.25) is 0 Å². The fourth-order valence-electron chi connectivity index (χ4n) is 6.07. The summed E-state index contributed by atoms with van der Waals surface area (Å²) in [4.78, 5) is 57.0. The molecule has 234 valence electrons. The van der Waals surface area contributed by atoms with Crippen LogP contribution < -0.4 is 10.6 Å². The zero-order chi connectivity index (χ0) is 32.4. The van der Waals surface area contributed by atoms with Crippen LogP contribution >= 0.6 is 0 Å². The van der Waals surface area contributed by atoms with Crippen LogP contribution in [0.1, 0.15) is 100 Å². The van der Waals surface area contributed by atoms with Crippen molar-refractivity contribution in [3.8, 4) is 0 Å². The van der Waals surface area contributed by atoms with E-state index in [0.29, 0.717) is 24.1 Å². The summed E-state index contributed by atoms with van der Waals surface area (Å²) in [5.74, 6) is -3.25. The SMILES string of the molecule is CCc1c(CNC(=O)c2cc(CNC3CCc4c3ccc(C(=O)O)c4C)n3ncc(C(=O)OF)c3n2)ccc(C(=O)OC)c1C. The number of carbonyl (C=O) groups is 4. The molecule has 0 fully saturated rings. The van der Waals surface area contributed by atoms with Gasteiger partial charge >= 0.3 is 17.9 Å². The van der Waals surface area contributed by atoms with Crippen LogP contribution in [0.4, 0.5) is 4.53 Å². The molecule has 3 N–H and O–H groups in total. The number of esters is 1. The minimum Gasteiger partial charge on any atom is -0.478 e. The molecule has 13 heteroatoms. The number of hydrogen-bond acceptors (Lipinski definition) is 9. The largest absolute Gasteiger partial charge is 0.478 e. The highest BCUT2D eigenvalue weighted by Crippen LogP contribution is 2.35. The van der Waals surface area contributed by atoms with Crippen molar-refractivity contribution in [2.24, 2.45) is 0 Å². The molecule has 0 saturated heterocycles. The number of halogens is 1. The van der Waals surface area contributed by atoms with Gasteiger partial charge in [0.05, 0.1) is 30.1 Å². The van der Waals surface area contributed by atoms with Crippen LogP contribution in [0.2, 0.25) is 0 Å². The molecule has 0 saturated carbocycles. The highest BCUT2D eigenvalue weighted by atomic mass is 19.3. The smallest absolute Gasteiger partial charge is 0.384 e. The van der Waals surface area contributed by atoms with Crippen LogP contribution in [0.15, 0.2) is 36.5 Å². The molecule has 0 spiro atoms. The van der Waals surface area contributed by atoms with Crippen molar-refractivity contribution < 1.29 is 38.5 Å². The molecular weight excluding hydrogens is 585 g/mol. The highest BCUT2D eigenvalue weighted by molar-refractivity contribution is 5.97. The molecule has 12 nitrogen and oxygen atoms in total. The molecule has 45 heavy (non-hydrogen) atoms. The number of nitrogens with one attached hydrogen (secondary N) is 2. The second kappa shape index (κ2) is 12.8. The van der Waals surface area contributed by atoms with Gasteiger partial charge in [-0.1, -0.05) is 19.1 Å². The van der Waals surface area contributed by atoms with E-state index in [-0.39, 0.29) is 41.6 Å². The minimum absolute atomic E-state index is 0.0255. The number of fused-ring (bicyclic) bond motifs is 2. The molecule has 0 bridgehead atoms. The second-order valence-corrected chi connectivity index (χ2v) is 10.8. The van der Waals surface area contributed by atoms with Gasteiger partial charge < -0.3 is 20.5 Å². The first-order valence-corrected chi connectivity index (χ1v) is 14.4. The molecule has 4 aromatic rings. The fourth-order valence-corrected chi connectivity index (χ4v) is 6.07. The van der Waals surface area contributed by atoms with Crippen LogP contribution in [-0.4, -0.2) is 50.6 Å². The van der Waals surface area contributed by atoms with E-state index < -0.39 is 23.8 Å². The van der Waals surface area contributed by atoms with Crippen LogP contribution in [0.5, 0.6) is 0 Å². The van der Waals surface area contributed by atoms with Crippen molar-refractivity contribution in [2.75, 3.05) is 7.11 Å². The van der Waals surface area contributed by atoms with Gasteiger partial charge in [0.25, 0.3) is 5.91 Å². The number of aromatic nitrogens is 3. The summed E-state index contributed by atoms with van der Waals surface area (Å²) in [6.45, 7) is 5.91. The lowest BCUT2D eigenvalue weighted by Crippen LogP contribution is -2.26. The van der Waals surface area contributed by atoms with E-state index in [1.54, 1.807) is 25.1 Å². The Kier molecular flexibility index (Phi) is 8.91. The third-order valence-corrected chi connectivity index (χ3v) is 8.42. The van der Waals surface area contributed by atoms with E-state index in [9.17, 15) is 28.8 Å². The molecule has 2 heterocycles. The van der Waals surface area contributed by atoms with Gasteiger partial charge in [0, 0.05) is 23.7 Å². The number of methoxy groups -OCH3 is 1. The lowest BCUT2D eigenvalue weighted by atomic mass is 9.95. The molecule has 5 rings (SSSR count). The molecule has 1 aliphatic carbocycles. The molecular formula is C32H32FN5O7. The van der Waals surface area contributed by atoms with Crippen molar-refractivity contribution >= 4 is 29.5 Å². The Morgan fingerprint density at radius 2 is 1.80 bits per heavy atom. The Morgan fingerprint density at radius 3 is 2.49 bits per heavy atom. The molecule has 0 radical (unpaired) electrons. The molecule has 2 aromatic heterocycles. The van der Waals surface area contributed by atoms with Gasteiger partial charge in [-0.2, -0.15) is 5.10 Å². The summed E-state index contributed by atoms with van der Waals surface area (Å²) in [6, 6.07) is 8.26. The van der Waals surface area contributed by atoms with E-state index in [1.165, 1.54) is 17.7 Å². The Bertz CT molecular complexity index is 1850. The van der Waals surface area contributed by atoms with Gasteiger partial charge in [-0.05, 0) is 84.7 Å². The standard InChI is InChI=1S/C32H32FN5O7/c1-5-20-16(2)23(31(42)44-4)7-6-18(20)13-35-29(39)27-12-19(38-28(37-27)25(15-36-38)32(43)45-33)14-34-26-11-10-21-17(3)22(30(40)41)8-9-24(21)26/h6-9,12,15,26,34H,5,10-11,13-14H2,1-4H3,(H,35,39)(H,40,41). The lowest BCUT2D eigenvalue weighted by Gasteiger charge is -2.17. The van der Waals surface area contributed by atoms with Gasteiger partial charge in [-0.25, -0.2) is 28.8 Å². The van der Waals surface area contributed by atoms with Crippen LogP contribution in [0.3, 0.4) is 0 Å². The molecule has 0 aliphatic heterocycles. The second-order valence-electron chi connectivity index (χ2n) is 10.8. The number of carboxylic acid groups (broad SMARTS) is 1. The first kappa shape index (κ1) is 31.3. The summed E-state index contributed by atoms with van der Waals surface area (Å²) in [5, 5.41) is 20.0. The first-order valence-electron chi connectivity index (χ1n) is 14.4. The quantitative estimate of drug-likeness (QED) is 0.221. The maximum absolute atomic E-state index is 13.4. The number of ether oxygens (including phenoxy) is 1. The number of carboxylic acids is 1. The van der Waals surface area contributed by atoms with E-state index in [4.69, 9.17) is 4.74 Å². The van der Waals surface area contributed by atoms with Gasteiger partial charge in [0.15, 0.2) is 5.65 Å². The van der Waals surface area contributed by atoms with Gasteiger partial charge in [-0.15, -0.1) is 0 Å². The van der Waals surface area contributed by atoms with Crippen LogP contribution in [0.25, 0.3) is 5.65 Å². The molecule has 1 amide bonds. The monoisotopic (exact) mass is 617 g/mol. The number of amides is 1. The summed E-state index contributed by atoms with van der Waals surface area (Å²) in [6.07, 6.45) is 3.17. The highest BCUT2D eigenvalue weighted by Gasteiger charge is 2.27. The number of aromatic carboxylic acids is 1. The maximum Gasteiger partial charge on any atom is 0.384 e. The van der Waals surface area contributed by atoms with Crippen LogP contribution in [0, 0.1) is 13.8 Å². The number of benzene rings is 2. The number of hydrogen-bond donors (Lipinski definition) is 3. The third-order valence-electron chi connectivity index (χ3n) is 8.42. The molecule has 1 aliphatic rings. The number of carbonyl (C=O) groups excluding carboxylic acids is 3. The topological polar surface area (TPSA) is 161 Å². The Morgan fingerprint density at radius 1 is 1.04 bits per heavy atom. The van der Waals surface area contributed by atoms with E-state index in [0.717, 1.165) is 46.0 Å². The predicted octanol–water partition coefficient (Wildman–Crippen LogP) is 4.14. The first-order chi connectivity index (χ1) is 21.6. The van der Waals surface area contributed by atoms with Crippen molar-refractivity contribution in [1.29, 1.82) is 0 Å². The summed E-state index contributed by atoms with van der Waals surface area (Å²) < 4.78 is 19.1. The summed E-state index contributed by atoms with van der Waals surface area (Å²) >= 11 is 0. The van der Waals surface area contributed by atoms with E-state index >= 15 is 0 Å². The number of nitrogens with zero attached hydrogens (tertiary/aromatic N) is 3. The van der Waals surface area contributed by atoms with E-state index in [2.05, 4.69) is 25.7 Å². The molecule has 2 aromatic carbocycles. The molecule has 1 unspecified atom stereocenters. The lowest BCUT2D eigenvalue weighted by molar-refractivity contribution is -0.0786. The Labute approximate surface area is 257 Å². The van der Waals surface area contributed by atoms with Crippen molar-refractivity contribution in [3.05, 3.63) is 98.0 Å². The normalized spacial score (nSPS) is 13.8. The van der Waals surface area contributed by atoms with Crippen LogP contribution in [-0.2, 0) is 35.6 Å². The van der Waals surface area contributed by atoms with Crippen molar-refractivity contribution in [2.45, 2.75) is 59.2 Å². The van der Waals surface area contributed by atoms with Gasteiger partial charge in [0.1, 0.15) is 11.3 Å². The average Bonchev–Trinajstić information content (AvgIpc) is 3.66. The minimum atomic E-state index is -1.29. The Hall–Kier alpha value is -5.17. The van der Waals surface area contributed by atoms with Gasteiger partial charge in [-0.3, -0.25) is 4.79 Å². The number of rotatable bonds is 10.